The molecule has 1 fully saturated rings. The molecular weight excluding hydrogens is 242 g/mol. The van der Waals surface area contributed by atoms with Crippen molar-refractivity contribution >= 4 is 0 Å². The molecule has 0 radical (unpaired) electrons. The lowest BCUT2D eigenvalue weighted by Gasteiger charge is -2.35. The van der Waals surface area contributed by atoms with Crippen molar-refractivity contribution in [3.05, 3.63) is 34.4 Å². The molecule has 1 aromatic carbocycles. The fourth-order valence-corrected chi connectivity index (χ4v) is 4.08. The van der Waals surface area contributed by atoms with Gasteiger partial charge >= 0.3 is 0 Å². The lowest BCUT2D eigenvalue weighted by atomic mass is 9.73. The van der Waals surface area contributed by atoms with Crippen LogP contribution in [0.5, 0.6) is 0 Å². The summed E-state index contributed by atoms with van der Waals surface area (Å²) in [5.74, 6) is 1.59. The smallest absolute Gasteiger partial charge is 0.00705 e. The van der Waals surface area contributed by atoms with Crippen LogP contribution in [0.3, 0.4) is 0 Å². The molecule has 3 unspecified atom stereocenters. The third-order valence-electron chi connectivity index (χ3n) is 5.15. The molecule has 3 atom stereocenters. The van der Waals surface area contributed by atoms with Gasteiger partial charge in [-0.3, -0.25) is 0 Å². The largest absolute Gasteiger partial charge is 0.327 e. The van der Waals surface area contributed by atoms with E-state index in [0.29, 0.717) is 12.0 Å². The zero-order chi connectivity index (χ0) is 14.7. The molecular formula is C19H31N. The molecule has 1 aromatic rings. The summed E-state index contributed by atoms with van der Waals surface area (Å²) >= 11 is 0. The van der Waals surface area contributed by atoms with Crippen LogP contribution in [0.1, 0.15) is 61.3 Å². The van der Waals surface area contributed by atoms with Gasteiger partial charge in [0, 0.05) is 6.04 Å². The van der Waals surface area contributed by atoms with Crippen LogP contribution in [0.15, 0.2) is 12.1 Å². The molecule has 0 amide bonds. The number of nitrogens with two attached hydrogens (primary N) is 1. The second-order valence-corrected chi connectivity index (χ2v) is 6.97. The molecule has 1 saturated carbocycles. The number of hydrogen-bond donors (Lipinski definition) is 1. The standard InChI is InChI=1S/C19H31N/c1-5-6-16-7-8-19(20)17(11-16)12-18-14(3)9-13(2)10-15(18)4/h9-10,16-17,19H,5-8,11-12,20H2,1-4H3. The molecule has 20 heavy (non-hydrogen) atoms. The Bertz CT molecular complexity index is 426. The van der Waals surface area contributed by atoms with E-state index in [-0.39, 0.29) is 0 Å². The number of rotatable bonds is 4. The highest BCUT2D eigenvalue weighted by molar-refractivity contribution is 5.37. The first-order chi connectivity index (χ1) is 9.51. The maximum Gasteiger partial charge on any atom is 0.00705 e. The van der Waals surface area contributed by atoms with Gasteiger partial charge in [0.2, 0.25) is 0 Å². The summed E-state index contributed by atoms with van der Waals surface area (Å²) in [6.07, 6.45) is 7.78. The molecule has 0 heterocycles. The second-order valence-electron chi connectivity index (χ2n) is 6.97. The van der Waals surface area contributed by atoms with Crippen molar-refractivity contribution in [3.63, 3.8) is 0 Å². The van der Waals surface area contributed by atoms with Crippen molar-refractivity contribution in [3.8, 4) is 0 Å². The molecule has 0 bridgehead atoms. The predicted octanol–water partition coefficient (Wildman–Crippen LogP) is 4.70. The van der Waals surface area contributed by atoms with E-state index < -0.39 is 0 Å². The van der Waals surface area contributed by atoms with E-state index in [1.807, 2.05) is 0 Å². The Morgan fingerprint density at radius 3 is 2.35 bits per heavy atom. The topological polar surface area (TPSA) is 26.0 Å². The molecule has 112 valence electrons. The SMILES string of the molecule is CCCC1CCC(N)C(Cc2c(C)cc(C)cc2C)C1. The van der Waals surface area contributed by atoms with E-state index in [2.05, 4.69) is 39.8 Å². The van der Waals surface area contributed by atoms with Crippen molar-refractivity contribution < 1.29 is 0 Å². The number of aryl methyl sites for hydroxylation is 3. The van der Waals surface area contributed by atoms with Gasteiger partial charge < -0.3 is 5.73 Å². The van der Waals surface area contributed by atoms with E-state index in [1.54, 1.807) is 5.56 Å². The number of hydrogen-bond acceptors (Lipinski definition) is 1. The van der Waals surface area contributed by atoms with Crippen LogP contribution >= 0.6 is 0 Å². The number of benzene rings is 1. The molecule has 1 nitrogen and oxygen atoms in total. The third-order valence-corrected chi connectivity index (χ3v) is 5.15. The monoisotopic (exact) mass is 273 g/mol. The molecule has 2 N–H and O–H groups in total. The summed E-state index contributed by atoms with van der Waals surface area (Å²) in [6.45, 7) is 9.01. The summed E-state index contributed by atoms with van der Waals surface area (Å²) in [6, 6.07) is 5.05. The highest BCUT2D eigenvalue weighted by Crippen LogP contribution is 2.34. The van der Waals surface area contributed by atoms with Crippen LogP contribution in [0.2, 0.25) is 0 Å². The fourth-order valence-electron chi connectivity index (χ4n) is 4.08. The molecule has 2 rings (SSSR count). The molecule has 0 saturated heterocycles. The van der Waals surface area contributed by atoms with Gasteiger partial charge in [-0.05, 0) is 75.0 Å². The summed E-state index contributed by atoms with van der Waals surface area (Å²) in [4.78, 5) is 0. The predicted molar refractivity (Wildman–Crippen MR) is 88.1 cm³/mol. The summed E-state index contributed by atoms with van der Waals surface area (Å²) in [5.41, 5.74) is 12.2. The molecule has 1 aliphatic carbocycles. The van der Waals surface area contributed by atoms with Gasteiger partial charge in [0.25, 0.3) is 0 Å². The lowest BCUT2D eigenvalue weighted by Crippen LogP contribution is -2.37. The van der Waals surface area contributed by atoms with Crippen molar-refractivity contribution in [2.45, 2.75) is 72.3 Å². The lowest BCUT2D eigenvalue weighted by molar-refractivity contribution is 0.221. The highest BCUT2D eigenvalue weighted by atomic mass is 14.7. The van der Waals surface area contributed by atoms with Crippen molar-refractivity contribution in [1.82, 2.24) is 0 Å². The Morgan fingerprint density at radius 2 is 1.75 bits per heavy atom. The van der Waals surface area contributed by atoms with Crippen LogP contribution in [0.25, 0.3) is 0 Å². The minimum absolute atomic E-state index is 0.406. The maximum atomic E-state index is 6.42. The minimum atomic E-state index is 0.406. The Hall–Kier alpha value is -0.820. The minimum Gasteiger partial charge on any atom is -0.327 e. The normalized spacial score (nSPS) is 26.8. The summed E-state index contributed by atoms with van der Waals surface area (Å²) in [7, 11) is 0. The quantitative estimate of drug-likeness (QED) is 0.845. The highest BCUT2D eigenvalue weighted by Gasteiger charge is 2.28. The Balaban J connectivity index is 2.11. The van der Waals surface area contributed by atoms with E-state index in [4.69, 9.17) is 5.73 Å². The molecule has 0 aliphatic heterocycles. The fraction of sp³-hybridized carbons (Fsp3) is 0.684. The molecule has 0 aromatic heterocycles. The molecule has 0 spiro atoms. The van der Waals surface area contributed by atoms with Crippen LogP contribution in [0, 0.1) is 32.6 Å². The van der Waals surface area contributed by atoms with E-state index in [1.165, 1.54) is 55.2 Å². The van der Waals surface area contributed by atoms with Gasteiger partial charge in [0.15, 0.2) is 0 Å². The zero-order valence-corrected chi connectivity index (χ0v) is 13.7. The molecule has 1 heteroatoms. The van der Waals surface area contributed by atoms with Gasteiger partial charge in [0.1, 0.15) is 0 Å². The first-order valence-corrected chi connectivity index (χ1v) is 8.33. The van der Waals surface area contributed by atoms with Crippen molar-refractivity contribution in [2.75, 3.05) is 0 Å². The zero-order valence-electron chi connectivity index (χ0n) is 13.7. The van der Waals surface area contributed by atoms with Gasteiger partial charge in [-0.25, -0.2) is 0 Å². The van der Waals surface area contributed by atoms with Gasteiger partial charge in [-0.1, -0.05) is 37.5 Å². The first-order valence-electron chi connectivity index (χ1n) is 8.33. The van der Waals surface area contributed by atoms with E-state index >= 15 is 0 Å². The van der Waals surface area contributed by atoms with Gasteiger partial charge in [-0.15, -0.1) is 0 Å². The Labute approximate surface area is 125 Å². The van der Waals surface area contributed by atoms with Gasteiger partial charge in [0.05, 0.1) is 0 Å². The van der Waals surface area contributed by atoms with Crippen LogP contribution in [-0.2, 0) is 6.42 Å². The van der Waals surface area contributed by atoms with E-state index in [0.717, 1.165) is 5.92 Å². The average molecular weight is 273 g/mol. The van der Waals surface area contributed by atoms with E-state index in [9.17, 15) is 0 Å². The second kappa shape index (κ2) is 6.76. The van der Waals surface area contributed by atoms with Crippen LogP contribution < -0.4 is 5.73 Å². The Morgan fingerprint density at radius 1 is 1.10 bits per heavy atom. The summed E-state index contributed by atoms with van der Waals surface area (Å²) in [5, 5.41) is 0. The summed E-state index contributed by atoms with van der Waals surface area (Å²) < 4.78 is 0. The van der Waals surface area contributed by atoms with Crippen LogP contribution in [0.4, 0.5) is 0 Å². The molecule has 1 aliphatic rings. The van der Waals surface area contributed by atoms with Crippen molar-refractivity contribution in [1.29, 1.82) is 0 Å². The van der Waals surface area contributed by atoms with Gasteiger partial charge in [-0.2, -0.15) is 0 Å². The maximum absolute atomic E-state index is 6.42. The average Bonchev–Trinajstić information content (AvgIpc) is 2.37. The third kappa shape index (κ3) is 3.63. The Kier molecular flexibility index (Phi) is 5.26. The van der Waals surface area contributed by atoms with Crippen LogP contribution in [-0.4, -0.2) is 6.04 Å². The van der Waals surface area contributed by atoms with Crippen molar-refractivity contribution in [2.24, 2.45) is 17.6 Å². The first kappa shape index (κ1) is 15.6.